The third-order valence-electron chi connectivity index (χ3n) is 5.66. The molecule has 1 amide bonds. The first-order valence-electron chi connectivity index (χ1n) is 11.0. The summed E-state index contributed by atoms with van der Waals surface area (Å²) in [7, 11) is 3.65. The lowest BCUT2D eigenvalue weighted by molar-refractivity contribution is -0.113. The van der Waals surface area contributed by atoms with Crippen molar-refractivity contribution in [2.45, 2.75) is 51.6 Å². The zero-order valence-corrected chi connectivity index (χ0v) is 20.4. The molecule has 0 fully saturated rings. The minimum absolute atomic E-state index is 0.0291. The predicted molar refractivity (Wildman–Crippen MR) is 131 cm³/mol. The van der Waals surface area contributed by atoms with E-state index in [-0.39, 0.29) is 5.91 Å². The number of methoxy groups -OCH3 is 1. The van der Waals surface area contributed by atoms with Crippen LogP contribution in [0, 0.1) is 13.8 Å². The van der Waals surface area contributed by atoms with Crippen molar-refractivity contribution < 1.29 is 9.53 Å². The number of thioether (sulfide) groups is 1. The van der Waals surface area contributed by atoms with Crippen LogP contribution in [-0.4, -0.2) is 33.5 Å². The molecule has 0 saturated carbocycles. The van der Waals surface area contributed by atoms with Gasteiger partial charge in [0.25, 0.3) is 0 Å². The van der Waals surface area contributed by atoms with Crippen molar-refractivity contribution in [2.75, 3.05) is 18.2 Å². The van der Waals surface area contributed by atoms with Crippen LogP contribution in [0.4, 0.5) is 5.69 Å². The molecule has 0 aliphatic rings. The van der Waals surface area contributed by atoms with Crippen molar-refractivity contribution in [3.05, 3.63) is 64.5 Å². The van der Waals surface area contributed by atoms with Gasteiger partial charge in [0.15, 0.2) is 5.16 Å². The van der Waals surface area contributed by atoms with Gasteiger partial charge in [-0.05, 0) is 67.5 Å². The van der Waals surface area contributed by atoms with Crippen LogP contribution >= 0.6 is 11.8 Å². The van der Waals surface area contributed by atoms with Gasteiger partial charge in [-0.1, -0.05) is 43.0 Å². The summed E-state index contributed by atoms with van der Waals surface area (Å²) in [5.74, 6) is 2.09. The molecule has 6 nitrogen and oxygen atoms in total. The molecule has 32 heavy (non-hydrogen) atoms. The molecular formula is C25H32N4O2S. The molecule has 0 radical (unpaired) electrons. The van der Waals surface area contributed by atoms with Crippen molar-refractivity contribution in [1.82, 2.24) is 14.8 Å². The summed E-state index contributed by atoms with van der Waals surface area (Å²) >= 11 is 1.41. The van der Waals surface area contributed by atoms with E-state index in [2.05, 4.69) is 47.6 Å². The SMILES string of the molecule is CCc1cccc(C)c1NC(=O)CSc1nnc(CCCc2ccc(OC)cc2C)n1C. The molecule has 0 bridgehead atoms. The van der Waals surface area contributed by atoms with Crippen LogP contribution in [0.2, 0.25) is 0 Å². The van der Waals surface area contributed by atoms with Gasteiger partial charge < -0.3 is 14.6 Å². The van der Waals surface area contributed by atoms with E-state index in [0.717, 1.165) is 59.2 Å². The third kappa shape index (κ3) is 5.91. The zero-order chi connectivity index (χ0) is 23.1. The number of amides is 1. The number of ether oxygens (including phenoxy) is 1. The Labute approximate surface area is 194 Å². The van der Waals surface area contributed by atoms with Crippen LogP contribution in [0.1, 0.15) is 41.4 Å². The molecule has 0 aliphatic carbocycles. The number of hydrogen-bond acceptors (Lipinski definition) is 5. The Bertz CT molecular complexity index is 1080. The maximum Gasteiger partial charge on any atom is 0.234 e. The Morgan fingerprint density at radius 2 is 1.91 bits per heavy atom. The Kier molecular flexibility index (Phi) is 8.33. The quantitative estimate of drug-likeness (QED) is 0.443. The molecule has 0 saturated heterocycles. The Hall–Kier alpha value is -2.80. The van der Waals surface area contributed by atoms with E-state index in [0.29, 0.717) is 5.75 Å². The average Bonchev–Trinajstić information content (AvgIpc) is 3.14. The topological polar surface area (TPSA) is 69.0 Å². The molecule has 7 heteroatoms. The highest BCUT2D eigenvalue weighted by molar-refractivity contribution is 7.99. The fraction of sp³-hybridized carbons (Fsp3) is 0.400. The molecule has 0 spiro atoms. The van der Waals surface area contributed by atoms with Crippen LogP contribution in [0.5, 0.6) is 5.75 Å². The second-order valence-corrected chi connectivity index (χ2v) is 8.85. The van der Waals surface area contributed by atoms with E-state index in [1.165, 1.54) is 22.9 Å². The van der Waals surface area contributed by atoms with Gasteiger partial charge in [-0.3, -0.25) is 4.79 Å². The lowest BCUT2D eigenvalue weighted by atomic mass is 10.0. The summed E-state index contributed by atoms with van der Waals surface area (Å²) < 4.78 is 7.27. The number of nitrogens with one attached hydrogen (secondary N) is 1. The summed E-state index contributed by atoms with van der Waals surface area (Å²) in [6.45, 7) is 6.22. The molecule has 3 rings (SSSR count). The number of rotatable bonds is 10. The first-order chi connectivity index (χ1) is 15.4. The zero-order valence-electron chi connectivity index (χ0n) is 19.6. The lowest BCUT2D eigenvalue weighted by Crippen LogP contribution is -2.16. The number of aromatic nitrogens is 3. The maximum absolute atomic E-state index is 12.5. The van der Waals surface area contributed by atoms with Crippen molar-refractivity contribution in [3.63, 3.8) is 0 Å². The number of hydrogen-bond donors (Lipinski definition) is 1. The molecule has 0 atom stereocenters. The van der Waals surface area contributed by atoms with Crippen LogP contribution in [0.3, 0.4) is 0 Å². The van der Waals surface area contributed by atoms with Crippen LogP contribution in [0.25, 0.3) is 0 Å². The van der Waals surface area contributed by atoms with Gasteiger partial charge in [-0.15, -0.1) is 10.2 Å². The van der Waals surface area contributed by atoms with E-state index in [4.69, 9.17) is 4.74 Å². The molecule has 1 N–H and O–H groups in total. The highest BCUT2D eigenvalue weighted by Crippen LogP contribution is 2.23. The second kappa shape index (κ2) is 11.2. The summed E-state index contributed by atoms with van der Waals surface area (Å²) in [4.78, 5) is 12.5. The molecule has 1 aromatic heterocycles. The smallest absolute Gasteiger partial charge is 0.234 e. The molecular weight excluding hydrogens is 420 g/mol. The molecule has 170 valence electrons. The monoisotopic (exact) mass is 452 g/mol. The van der Waals surface area contributed by atoms with Crippen LogP contribution in [0.15, 0.2) is 41.6 Å². The number of aryl methyl sites for hydroxylation is 5. The Morgan fingerprint density at radius 1 is 1.09 bits per heavy atom. The normalized spacial score (nSPS) is 10.9. The van der Waals surface area contributed by atoms with Crippen molar-refractivity contribution in [3.8, 4) is 5.75 Å². The van der Waals surface area contributed by atoms with Gasteiger partial charge in [0.05, 0.1) is 12.9 Å². The molecule has 0 aliphatic heterocycles. The van der Waals surface area contributed by atoms with Gasteiger partial charge in [0.1, 0.15) is 11.6 Å². The van der Waals surface area contributed by atoms with Crippen molar-refractivity contribution in [2.24, 2.45) is 7.05 Å². The van der Waals surface area contributed by atoms with Crippen molar-refractivity contribution >= 4 is 23.4 Å². The van der Waals surface area contributed by atoms with Gasteiger partial charge in [0, 0.05) is 19.2 Å². The number of anilines is 1. The molecule has 3 aromatic rings. The summed E-state index contributed by atoms with van der Waals surface area (Å²) in [5.41, 5.74) is 5.71. The number of carbonyl (C=O) groups is 1. The summed E-state index contributed by atoms with van der Waals surface area (Å²) in [5, 5.41) is 12.5. The van der Waals surface area contributed by atoms with Gasteiger partial charge in [-0.2, -0.15) is 0 Å². The van der Waals surface area contributed by atoms with Crippen LogP contribution < -0.4 is 10.1 Å². The fourth-order valence-corrected chi connectivity index (χ4v) is 4.44. The maximum atomic E-state index is 12.5. The largest absolute Gasteiger partial charge is 0.497 e. The van der Waals surface area contributed by atoms with E-state index in [1.54, 1.807) is 7.11 Å². The minimum atomic E-state index is -0.0291. The summed E-state index contributed by atoms with van der Waals surface area (Å²) in [6, 6.07) is 12.3. The Balaban J connectivity index is 1.52. The molecule has 2 aromatic carbocycles. The molecule has 0 unspecified atom stereocenters. The first kappa shape index (κ1) is 23.9. The number of nitrogens with zero attached hydrogens (tertiary/aromatic N) is 3. The number of carbonyl (C=O) groups excluding carboxylic acids is 1. The second-order valence-electron chi connectivity index (χ2n) is 7.90. The first-order valence-corrected chi connectivity index (χ1v) is 11.9. The standard InChI is InChI=1S/C25H32N4O2S/c1-6-19-10-7-9-17(2)24(19)26-23(30)16-32-25-28-27-22(29(25)4)12-8-11-20-13-14-21(31-5)15-18(20)3/h7,9-10,13-15H,6,8,11-12,16H2,1-5H3,(H,26,30). The highest BCUT2D eigenvalue weighted by atomic mass is 32.2. The lowest BCUT2D eigenvalue weighted by Gasteiger charge is -2.12. The van der Waals surface area contributed by atoms with Gasteiger partial charge >= 0.3 is 0 Å². The number of benzene rings is 2. The van der Waals surface area contributed by atoms with Gasteiger partial charge in [0.2, 0.25) is 5.91 Å². The minimum Gasteiger partial charge on any atom is -0.497 e. The third-order valence-corrected chi connectivity index (χ3v) is 6.68. The van der Waals surface area contributed by atoms with Gasteiger partial charge in [-0.25, -0.2) is 0 Å². The average molecular weight is 453 g/mol. The summed E-state index contributed by atoms with van der Waals surface area (Å²) in [6.07, 6.45) is 3.68. The van der Waals surface area contributed by atoms with E-state index < -0.39 is 0 Å². The highest BCUT2D eigenvalue weighted by Gasteiger charge is 2.13. The van der Waals surface area contributed by atoms with E-state index in [9.17, 15) is 4.79 Å². The van der Waals surface area contributed by atoms with E-state index in [1.807, 2.05) is 36.7 Å². The van der Waals surface area contributed by atoms with Crippen molar-refractivity contribution in [1.29, 1.82) is 0 Å². The molecule has 1 heterocycles. The fourth-order valence-electron chi connectivity index (χ4n) is 3.71. The number of para-hydroxylation sites is 1. The van der Waals surface area contributed by atoms with Crippen LogP contribution in [-0.2, 0) is 31.1 Å². The predicted octanol–water partition coefficient (Wildman–Crippen LogP) is 4.91. The van der Waals surface area contributed by atoms with E-state index >= 15 is 0 Å². The Morgan fingerprint density at radius 3 is 2.62 bits per heavy atom.